The normalized spacial score (nSPS) is 11.4. The molecule has 0 atom stereocenters. The van der Waals surface area contributed by atoms with Crippen molar-refractivity contribution in [1.29, 1.82) is 0 Å². The van der Waals surface area contributed by atoms with Crippen LogP contribution in [0.5, 0.6) is 0 Å². The number of ether oxygens (including phenoxy) is 1. The van der Waals surface area contributed by atoms with Crippen LogP contribution in [0.25, 0.3) is 0 Å². The Labute approximate surface area is 157 Å². The predicted octanol–water partition coefficient (Wildman–Crippen LogP) is 4.14. The molecule has 25 heavy (non-hydrogen) atoms. The highest BCUT2D eigenvalue weighted by Crippen LogP contribution is 2.30. The third-order valence-corrected chi connectivity index (χ3v) is 5.51. The number of carbonyl (C=O) groups excluding carboxylic acids is 1. The van der Waals surface area contributed by atoms with E-state index in [9.17, 15) is 13.2 Å². The lowest BCUT2D eigenvalue weighted by Gasteiger charge is -2.25. The molecule has 0 saturated carbocycles. The molecule has 0 fully saturated rings. The molecular formula is C17H17Cl2NO4S. The maximum Gasteiger partial charge on any atom is 0.327 e. The van der Waals surface area contributed by atoms with Crippen LogP contribution in [0.1, 0.15) is 13.8 Å². The SMILES string of the molecule is CC(C)OC(=O)CN(c1ccccc1Cl)S(=O)(=O)c1ccc(Cl)cc1. The molecule has 134 valence electrons. The third-order valence-electron chi connectivity index (χ3n) is 3.16. The van der Waals surface area contributed by atoms with Crippen LogP contribution in [0.15, 0.2) is 53.4 Å². The quantitative estimate of drug-likeness (QED) is 0.682. The molecule has 0 bridgehead atoms. The summed E-state index contributed by atoms with van der Waals surface area (Å²) >= 11 is 12.0. The minimum atomic E-state index is -4.03. The fourth-order valence-corrected chi connectivity index (χ4v) is 3.95. The molecule has 0 N–H and O–H groups in total. The van der Waals surface area contributed by atoms with Gasteiger partial charge in [-0.25, -0.2) is 8.42 Å². The molecule has 0 heterocycles. The average molecular weight is 402 g/mol. The molecule has 0 aliphatic carbocycles. The second-order valence-electron chi connectivity index (χ2n) is 5.46. The molecular weight excluding hydrogens is 385 g/mol. The van der Waals surface area contributed by atoms with Crippen molar-refractivity contribution in [2.45, 2.75) is 24.8 Å². The van der Waals surface area contributed by atoms with E-state index in [1.165, 1.54) is 30.3 Å². The minimum Gasteiger partial charge on any atom is -0.462 e. The first-order valence-corrected chi connectivity index (χ1v) is 9.63. The molecule has 8 heteroatoms. The molecule has 5 nitrogen and oxygen atoms in total. The predicted molar refractivity (Wildman–Crippen MR) is 98.7 cm³/mol. The number of hydrogen-bond acceptors (Lipinski definition) is 4. The zero-order valence-electron chi connectivity index (χ0n) is 13.6. The Balaban J connectivity index is 2.48. The molecule has 0 aliphatic heterocycles. The van der Waals surface area contributed by atoms with Gasteiger partial charge in [-0.2, -0.15) is 0 Å². The highest BCUT2D eigenvalue weighted by atomic mass is 35.5. The molecule has 2 aromatic rings. The topological polar surface area (TPSA) is 63.7 Å². The Bertz CT molecular complexity index is 851. The summed E-state index contributed by atoms with van der Waals surface area (Å²) in [4.78, 5) is 12.1. The second-order valence-corrected chi connectivity index (χ2v) is 8.16. The van der Waals surface area contributed by atoms with Crippen molar-refractivity contribution < 1.29 is 17.9 Å². The van der Waals surface area contributed by atoms with Crippen molar-refractivity contribution in [3.8, 4) is 0 Å². The summed E-state index contributed by atoms with van der Waals surface area (Å²) in [6.45, 7) is 2.88. The highest BCUT2D eigenvalue weighted by Gasteiger charge is 2.29. The minimum absolute atomic E-state index is 0.00540. The van der Waals surface area contributed by atoms with Crippen molar-refractivity contribution in [2.75, 3.05) is 10.8 Å². The molecule has 0 aliphatic rings. The van der Waals surface area contributed by atoms with Gasteiger partial charge in [-0.1, -0.05) is 35.3 Å². The number of esters is 1. The number of benzene rings is 2. The summed E-state index contributed by atoms with van der Waals surface area (Å²) in [7, 11) is -4.03. The van der Waals surface area contributed by atoms with Crippen LogP contribution < -0.4 is 4.31 Å². The number of sulfonamides is 1. The molecule has 2 rings (SSSR count). The number of para-hydroxylation sites is 1. The van der Waals surface area contributed by atoms with Gasteiger partial charge in [0.2, 0.25) is 0 Å². The van der Waals surface area contributed by atoms with E-state index in [1.54, 1.807) is 32.0 Å². The van der Waals surface area contributed by atoms with Crippen LogP contribution in [0.4, 0.5) is 5.69 Å². The van der Waals surface area contributed by atoms with Crippen molar-refractivity contribution in [3.63, 3.8) is 0 Å². The Morgan fingerprint density at radius 1 is 1.08 bits per heavy atom. The van der Waals surface area contributed by atoms with Gasteiger partial charge in [-0.3, -0.25) is 9.10 Å². The molecule has 0 saturated heterocycles. The van der Waals surface area contributed by atoms with Crippen LogP contribution in [-0.4, -0.2) is 27.0 Å². The van der Waals surface area contributed by atoms with Gasteiger partial charge in [-0.15, -0.1) is 0 Å². The zero-order valence-corrected chi connectivity index (χ0v) is 16.0. The standard InChI is InChI=1S/C17H17Cl2NO4S/c1-12(2)24-17(21)11-20(16-6-4-3-5-15(16)19)25(22,23)14-9-7-13(18)8-10-14/h3-10,12H,11H2,1-2H3. The van der Waals surface area contributed by atoms with Gasteiger partial charge in [0.05, 0.1) is 21.7 Å². The summed E-state index contributed by atoms with van der Waals surface area (Å²) < 4.78 is 32.1. The largest absolute Gasteiger partial charge is 0.462 e. The summed E-state index contributed by atoms with van der Waals surface area (Å²) in [6, 6.07) is 12.1. The first-order valence-electron chi connectivity index (χ1n) is 7.44. The number of rotatable bonds is 6. The van der Waals surface area contributed by atoms with Gasteiger partial charge in [0.25, 0.3) is 10.0 Å². The fourth-order valence-electron chi connectivity index (χ4n) is 2.10. The van der Waals surface area contributed by atoms with E-state index >= 15 is 0 Å². The van der Waals surface area contributed by atoms with Crippen LogP contribution in [0.3, 0.4) is 0 Å². The number of hydrogen-bond donors (Lipinski definition) is 0. The maximum atomic E-state index is 13.0. The van der Waals surface area contributed by atoms with Gasteiger partial charge >= 0.3 is 5.97 Å². The van der Waals surface area contributed by atoms with Crippen LogP contribution in [0, 0.1) is 0 Å². The second kappa shape index (κ2) is 8.08. The van der Waals surface area contributed by atoms with Crippen LogP contribution in [0.2, 0.25) is 10.0 Å². The first-order chi connectivity index (χ1) is 11.7. The van der Waals surface area contributed by atoms with E-state index < -0.39 is 22.5 Å². The number of halogens is 2. The van der Waals surface area contributed by atoms with Gasteiger partial charge in [0.1, 0.15) is 6.54 Å². The summed E-state index contributed by atoms with van der Waals surface area (Å²) in [5.41, 5.74) is 0.194. The summed E-state index contributed by atoms with van der Waals surface area (Å²) in [5.74, 6) is -0.674. The molecule has 2 aromatic carbocycles. The van der Waals surface area contributed by atoms with Crippen molar-refractivity contribution in [3.05, 3.63) is 58.6 Å². The van der Waals surface area contributed by atoms with E-state index in [0.29, 0.717) is 5.02 Å². The Kier molecular flexibility index (Phi) is 6.32. The van der Waals surface area contributed by atoms with E-state index in [4.69, 9.17) is 27.9 Å². The van der Waals surface area contributed by atoms with Gasteiger partial charge in [-0.05, 0) is 50.2 Å². The molecule has 0 radical (unpaired) electrons. The molecule has 0 aromatic heterocycles. The zero-order chi connectivity index (χ0) is 18.6. The van der Waals surface area contributed by atoms with Crippen LogP contribution in [-0.2, 0) is 19.6 Å². The van der Waals surface area contributed by atoms with Gasteiger partial charge < -0.3 is 4.74 Å². The summed E-state index contributed by atoms with van der Waals surface area (Å²) in [6.07, 6.45) is -0.362. The van der Waals surface area contributed by atoms with E-state index in [0.717, 1.165) is 4.31 Å². The lowest BCUT2D eigenvalue weighted by molar-refractivity contribution is -0.145. The van der Waals surface area contributed by atoms with Crippen molar-refractivity contribution >= 4 is 44.9 Å². The number of carbonyl (C=O) groups is 1. The maximum absolute atomic E-state index is 13.0. The van der Waals surface area contributed by atoms with Crippen molar-refractivity contribution in [2.24, 2.45) is 0 Å². The molecule has 0 unspecified atom stereocenters. The molecule has 0 spiro atoms. The Morgan fingerprint density at radius 3 is 2.24 bits per heavy atom. The molecule has 0 amide bonds. The summed E-state index contributed by atoms with van der Waals surface area (Å²) in [5, 5.41) is 0.611. The van der Waals surface area contributed by atoms with Crippen LogP contribution >= 0.6 is 23.2 Å². The lowest BCUT2D eigenvalue weighted by atomic mass is 10.3. The van der Waals surface area contributed by atoms with E-state index in [-0.39, 0.29) is 21.7 Å². The third kappa shape index (κ3) is 4.87. The van der Waals surface area contributed by atoms with Crippen molar-refractivity contribution in [1.82, 2.24) is 0 Å². The number of nitrogens with zero attached hydrogens (tertiary/aromatic N) is 1. The smallest absolute Gasteiger partial charge is 0.327 e. The lowest BCUT2D eigenvalue weighted by Crippen LogP contribution is -2.37. The van der Waals surface area contributed by atoms with Gasteiger partial charge in [0.15, 0.2) is 0 Å². The number of anilines is 1. The van der Waals surface area contributed by atoms with E-state index in [1.807, 2.05) is 0 Å². The highest BCUT2D eigenvalue weighted by molar-refractivity contribution is 7.92. The average Bonchev–Trinajstić information content (AvgIpc) is 2.53. The Morgan fingerprint density at radius 2 is 1.68 bits per heavy atom. The van der Waals surface area contributed by atoms with E-state index in [2.05, 4.69) is 0 Å². The van der Waals surface area contributed by atoms with Gasteiger partial charge in [0, 0.05) is 5.02 Å². The first kappa shape index (κ1) is 19.6. The Hall–Kier alpha value is -1.76. The monoisotopic (exact) mass is 401 g/mol. The fraction of sp³-hybridized carbons (Fsp3) is 0.235.